The highest BCUT2D eigenvalue weighted by molar-refractivity contribution is 7.90. The minimum atomic E-state index is -4.34. The molecule has 2 aromatic heterocycles. The highest BCUT2D eigenvalue weighted by Gasteiger charge is 2.26. The van der Waals surface area contributed by atoms with Crippen LogP contribution in [0.3, 0.4) is 0 Å². The Hall–Kier alpha value is -3.66. The van der Waals surface area contributed by atoms with E-state index >= 15 is 0 Å². The summed E-state index contributed by atoms with van der Waals surface area (Å²) in [6, 6.07) is 12.4. The fourth-order valence-electron chi connectivity index (χ4n) is 6.09. The van der Waals surface area contributed by atoms with Crippen molar-refractivity contribution in [2.24, 2.45) is 0 Å². The molecule has 5 rings (SSSR count). The van der Waals surface area contributed by atoms with E-state index in [2.05, 4.69) is 29.2 Å². The van der Waals surface area contributed by atoms with Crippen molar-refractivity contribution < 1.29 is 16.8 Å². The normalized spacial score (nSPS) is 12.8. The summed E-state index contributed by atoms with van der Waals surface area (Å²) in [4.78, 5) is 37.4. The maximum atomic E-state index is 14.2. The van der Waals surface area contributed by atoms with Gasteiger partial charge in [-0.1, -0.05) is 39.8 Å². The molecule has 0 amide bonds. The molecule has 14 heteroatoms. The van der Waals surface area contributed by atoms with E-state index in [4.69, 9.17) is 0 Å². The van der Waals surface area contributed by atoms with Gasteiger partial charge in [0.25, 0.3) is 0 Å². The van der Waals surface area contributed by atoms with E-state index in [0.717, 1.165) is 32.2 Å². The highest BCUT2D eigenvalue weighted by atomic mass is 32.2. The molecule has 12 nitrogen and oxygen atoms in total. The third kappa shape index (κ3) is 7.33. The lowest BCUT2D eigenvalue weighted by Crippen LogP contribution is -2.31. The maximum absolute atomic E-state index is 14.2. The Morgan fingerprint density at radius 2 is 1.12 bits per heavy atom. The number of aromatic nitrogens is 2. The molecule has 0 saturated carbocycles. The lowest BCUT2D eigenvalue weighted by Gasteiger charge is -2.18. The molecule has 0 aliphatic rings. The molecule has 0 fully saturated rings. The van der Waals surface area contributed by atoms with Crippen LogP contribution in [0.1, 0.15) is 40.5 Å². The quantitative estimate of drug-likeness (QED) is 0.0897. The van der Waals surface area contributed by atoms with Crippen molar-refractivity contribution in [2.45, 2.75) is 50.3 Å². The second-order valence-electron chi connectivity index (χ2n) is 11.8. The molecule has 0 aliphatic heterocycles. The molecule has 0 aliphatic carbocycles. The van der Waals surface area contributed by atoms with Crippen LogP contribution in [0, 0.1) is 0 Å². The summed E-state index contributed by atoms with van der Waals surface area (Å²) < 4.78 is 60.0. The number of rotatable bonds is 16. The van der Waals surface area contributed by atoms with Crippen LogP contribution in [0.4, 0.5) is 0 Å². The number of para-hydroxylation sites is 1. The third-order valence-electron chi connectivity index (χ3n) is 8.94. The van der Waals surface area contributed by atoms with Crippen molar-refractivity contribution in [3.63, 3.8) is 0 Å². The van der Waals surface area contributed by atoms with E-state index in [-0.39, 0.29) is 45.2 Å². The number of fused-ring (bicyclic) bond motifs is 4. The van der Waals surface area contributed by atoms with Crippen molar-refractivity contribution in [3.05, 3.63) is 69.0 Å². The van der Waals surface area contributed by atoms with Crippen molar-refractivity contribution in [1.82, 2.24) is 29.2 Å². The molecule has 0 bridgehead atoms. The summed E-state index contributed by atoms with van der Waals surface area (Å²) in [5.41, 5.74) is 0.488. The summed E-state index contributed by atoms with van der Waals surface area (Å²) in [6.07, 6.45) is 1.09. The molecule has 0 atom stereocenters. The fraction of sp³-hybridized carbons (Fsp3) is 0.412. The van der Waals surface area contributed by atoms with Crippen LogP contribution >= 0.6 is 0 Å². The average molecular weight is 697 g/mol. The van der Waals surface area contributed by atoms with Crippen LogP contribution in [-0.4, -0.2) is 89.0 Å². The summed E-state index contributed by atoms with van der Waals surface area (Å²) in [6.45, 7) is 13.1. The Morgan fingerprint density at radius 1 is 0.604 bits per heavy atom. The lowest BCUT2D eigenvalue weighted by atomic mass is 10.1. The van der Waals surface area contributed by atoms with Crippen LogP contribution in [0.15, 0.2) is 67.9 Å². The zero-order valence-electron chi connectivity index (χ0n) is 27.9. The predicted molar refractivity (Wildman–Crippen MR) is 193 cm³/mol. The first-order chi connectivity index (χ1) is 22.9. The van der Waals surface area contributed by atoms with E-state index in [1.165, 1.54) is 12.1 Å². The Morgan fingerprint density at radius 3 is 1.71 bits per heavy atom. The molecule has 48 heavy (non-hydrogen) atoms. The molecule has 2 heterocycles. The minimum absolute atomic E-state index is 0.0265. The number of nitrogens with one attached hydrogen (secondary N) is 4. The van der Waals surface area contributed by atoms with Crippen LogP contribution in [0.25, 0.3) is 43.6 Å². The van der Waals surface area contributed by atoms with Crippen LogP contribution in [0.2, 0.25) is 0 Å². The molecule has 0 saturated heterocycles. The van der Waals surface area contributed by atoms with Gasteiger partial charge in [-0.25, -0.2) is 26.3 Å². The second-order valence-corrected chi connectivity index (χ2v) is 15.3. The Kier molecular flexibility index (Phi) is 11.0. The topological polar surface area (TPSA) is 165 Å². The second kappa shape index (κ2) is 14.8. The van der Waals surface area contributed by atoms with Crippen molar-refractivity contribution in [2.75, 3.05) is 52.4 Å². The summed E-state index contributed by atoms with van der Waals surface area (Å²) in [7, 11) is -8.50. The molecule has 3 aromatic carbocycles. The van der Waals surface area contributed by atoms with Gasteiger partial charge in [0, 0.05) is 34.8 Å². The highest BCUT2D eigenvalue weighted by Crippen LogP contribution is 2.28. The maximum Gasteiger partial charge on any atom is 0.241 e. The van der Waals surface area contributed by atoms with E-state index in [1.54, 1.807) is 30.3 Å². The van der Waals surface area contributed by atoms with E-state index in [0.29, 0.717) is 47.7 Å². The van der Waals surface area contributed by atoms with Gasteiger partial charge >= 0.3 is 0 Å². The van der Waals surface area contributed by atoms with Gasteiger partial charge in [0.2, 0.25) is 20.0 Å². The van der Waals surface area contributed by atoms with Crippen molar-refractivity contribution in [1.29, 1.82) is 0 Å². The van der Waals surface area contributed by atoms with Gasteiger partial charge in [-0.3, -0.25) is 9.59 Å². The van der Waals surface area contributed by atoms with Gasteiger partial charge < -0.3 is 19.8 Å². The van der Waals surface area contributed by atoms with E-state index < -0.39 is 30.4 Å². The molecule has 0 spiro atoms. The average Bonchev–Trinajstić information content (AvgIpc) is 3.07. The third-order valence-corrected chi connectivity index (χ3v) is 11.9. The standard InChI is InChI=1S/C34H44N6O6S2/c1-5-39(6-2)17-11-15-35-47(43,44)23-19-30-32(31(20-23)48(45,46)36-16-12-18-40(7-3)8-4)34(42)26-22-28-25(21-29(26)38-30)33(41)24-13-9-10-14-27(24)37-28/h9-10,13-14,19-22,35-36H,5-8,11-12,15-18H2,1-4H3,(H,37,41)(H,38,42). The van der Waals surface area contributed by atoms with Gasteiger partial charge in [-0.15, -0.1) is 0 Å². The zero-order chi connectivity index (χ0) is 34.6. The fourth-order valence-corrected chi connectivity index (χ4v) is 8.61. The number of nitrogens with zero attached hydrogens (tertiary/aromatic N) is 2. The molecule has 0 radical (unpaired) electrons. The number of benzene rings is 3. The summed E-state index contributed by atoms with van der Waals surface area (Å²) in [5, 5.41) is 0.803. The Labute approximate surface area is 280 Å². The zero-order valence-corrected chi connectivity index (χ0v) is 29.5. The van der Waals surface area contributed by atoms with Gasteiger partial charge in [0.1, 0.15) is 0 Å². The predicted octanol–water partition coefficient (Wildman–Crippen LogP) is 3.70. The van der Waals surface area contributed by atoms with Gasteiger partial charge in [-0.2, -0.15) is 0 Å². The smallest absolute Gasteiger partial charge is 0.241 e. The Balaban J connectivity index is 1.64. The molecule has 5 aromatic rings. The van der Waals surface area contributed by atoms with Crippen molar-refractivity contribution in [3.8, 4) is 0 Å². The van der Waals surface area contributed by atoms with E-state index in [1.807, 2.05) is 27.7 Å². The van der Waals surface area contributed by atoms with Crippen molar-refractivity contribution >= 4 is 63.7 Å². The van der Waals surface area contributed by atoms with Crippen LogP contribution < -0.4 is 20.3 Å². The molecule has 4 N–H and O–H groups in total. The van der Waals surface area contributed by atoms with E-state index in [9.17, 15) is 26.4 Å². The number of hydrogen-bond donors (Lipinski definition) is 4. The first kappa shape index (κ1) is 35.6. The van der Waals surface area contributed by atoms with Gasteiger partial charge in [0.15, 0.2) is 10.9 Å². The number of aromatic amines is 2. The number of pyridine rings is 2. The largest absolute Gasteiger partial charge is 0.354 e. The Bertz CT molecular complexity index is 2290. The molecular formula is C34H44N6O6S2. The number of sulfonamides is 2. The van der Waals surface area contributed by atoms with Crippen LogP contribution in [0.5, 0.6) is 0 Å². The molecule has 258 valence electrons. The SMILES string of the molecule is CCN(CC)CCCNS(=O)(=O)c1cc(S(=O)(=O)NCCCN(CC)CC)c2c(=O)c3cc4[nH]c5ccccc5c(=O)c4cc3[nH]c2c1. The summed E-state index contributed by atoms with van der Waals surface area (Å²) in [5.74, 6) is 0. The van der Waals surface area contributed by atoms with Crippen LogP contribution in [-0.2, 0) is 20.0 Å². The number of hydrogen-bond acceptors (Lipinski definition) is 8. The molecular weight excluding hydrogens is 653 g/mol. The van der Waals surface area contributed by atoms with Gasteiger partial charge in [0.05, 0.1) is 31.7 Å². The lowest BCUT2D eigenvalue weighted by molar-refractivity contribution is 0.300. The monoisotopic (exact) mass is 696 g/mol. The molecule has 0 unspecified atom stereocenters. The van der Waals surface area contributed by atoms with Gasteiger partial charge in [-0.05, 0) is 88.5 Å². The first-order valence-corrected chi connectivity index (χ1v) is 19.4. The minimum Gasteiger partial charge on any atom is -0.354 e. The number of H-pyrrole nitrogens is 2. The summed E-state index contributed by atoms with van der Waals surface area (Å²) >= 11 is 0. The first-order valence-electron chi connectivity index (χ1n) is 16.5.